The summed E-state index contributed by atoms with van der Waals surface area (Å²) in [6.45, 7) is 2.37. The largest absolute Gasteiger partial charge is 0.507 e. The van der Waals surface area contributed by atoms with Crippen LogP contribution in [-0.2, 0) is 9.59 Å². The number of Topliss-reactive ketones (excluding diaryl/α,β-unsaturated/α-hetero) is 1. The lowest BCUT2D eigenvalue weighted by molar-refractivity contribution is -0.132. The van der Waals surface area contributed by atoms with Gasteiger partial charge in [-0.2, -0.15) is 0 Å². The fraction of sp³-hybridized carbons (Fsp3) is 0.214. The fourth-order valence-corrected chi connectivity index (χ4v) is 4.21. The SMILES string of the molecule is CCOc1ccc(/C(O)=C2\C(=O)C(=O)N(c3ccc(OC)cc3)[C@H]2c2ccc(OC)c(OC)c2)cc1. The molecule has 3 aromatic carbocycles. The summed E-state index contributed by atoms with van der Waals surface area (Å²) in [5.74, 6) is 0.318. The molecule has 1 atom stereocenters. The molecule has 0 aliphatic carbocycles. The molecule has 186 valence electrons. The predicted molar refractivity (Wildman–Crippen MR) is 135 cm³/mol. The van der Waals surface area contributed by atoms with Gasteiger partial charge in [-0.3, -0.25) is 14.5 Å². The first-order valence-electron chi connectivity index (χ1n) is 11.3. The van der Waals surface area contributed by atoms with E-state index in [9.17, 15) is 14.7 Å². The lowest BCUT2D eigenvalue weighted by Crippen LogP contribution is -2.29. The van der Waals surface area contributed by atoms with Crippen molar-refractivity contribution in [3.63, 3.8) is 0 Å². The molecular weight excluding hydrogens is 462 g/mol. The Morgan fingerprint density at radius 1 is 0.833 bits per heavy atom. The zero-order chi connectivity index (χ0) is 25.8. The molecule has 4 rings (SSSR count). The highest BCUT2D eigenvalue weighted by Crippen LogP contribution is 2.44. The lowest BCUT2D eigenvalue weighted by atomic mass is 9.94. The molecule has 3 aromatic rings. The Morgan fingerprint density at radius 2 is 1.47 bits per heavy atom. The van der Waals surface area contributed by atoms with E-state index in [0.29, 0.717) is 46.4 Å². The zero-order valence-corrected chi connectivity index (χ0v) is 20.5. The Hall–Kier alpha value is -4.46. The van der Waals surface area contributed by atoms with Gasteiger partial charge in [0.15, 0.2) is 11.5 Å². The van der Waals surface area contributed by atoms with E-state index >= 15 is 0 Å². The summed E-state index contributed by atoms with van der Waals surface area (Å²) in [5.41, 5.74) is 1.39. The number of carbonyl (C=O) groups is 2. The van der Waals surface area contributed by atoms with Crippen LogP contribution in [0, 0.1) is 0 Å². The van der Waals surface area contributed by atoms with Gasteiger partial charge in [-0.05, 0) is 73.2 Å². The van der Waals surface area contributed by atoms with Crippen LogP contribution in [0.2, 0.25) is 0 Å². The predicted octanol–water partition coefficient (Wildman–Crippen LogP) is 4.74. The number of rotatable bonds is 8. The third kappa shape index (κ3) is 4.45. The van der Waals surface area contributed by atoms with Crippen molar-refractivity contribution in [1.82, 2.24) is 0 Å². The van der Waals surface area contributed by atoms with Crippen LogP contribution in [0.1, 0.15) is 24.1 Å². The molecule has 0 unspecified atom stereocenters. The van der Waals surface area contributed by atoms with Crippen LogP contribution in [0.5, 0.6) is 23.0 Å². The number of ether oxygens (including phenoxy) is 4. The summed E-state index contributed by atoms with van der Waals surface area (Å²) in [6, 6.07) is 17.7. The van der Waals surface area contributed by atoms with Gasteiger partial charge in [-0.15, -0.1) is 0 Å². The molecule has 8 heteroatoms. The molecule has 0 saturated carbocycles. The van der Waals surface area contributed by atoms with Crippen molar-refractivity contribution in [1.29, 1.82) is 0 Å². The second-order valence-corrected chi connectivity index (χ2v) is 7.94. The standard InChI is InChI=1S/C28H27NO7/c1-5-36-21-11-6-17(7-12-21)26(30)24-25(18-8-15-22(34-3)23(16-18)35-4)29(28(32)27(24)31)19-9-13-20(33-2)14-10-19/h6-16,25,30H,5H2,1-4H3/b26-24+/t25-/m0/s1. The highest BCUT2D eigenvalue weighted by Gasteiger charge is 2.47. The Labute approximate surface area is 209 Å². The molecule has 1 aliphatic heterocycles. The Morgan fingerprint density at radius 3 is 2.06 bits per heavy atom. The van der Waals surface area contributed by atoms with Gasteiger partial charge < -0.3 is 24.1 Å². The fourth-order valence-electron chi connectivity index (χ4n) is 4.21. The van der Waals surface area contributed by atoms with Crippen molar-refractivity contribution < 1.29 is 33.6 Å². The second kappa shape index (κ2) is 10.4. The summed E-state index contributed by atoms with van der Waals surface area (Å²) in [5, 5.41) is 11.3. The molecule has 1 amide bonds. The minimum Gasteiger partial charge on any atom is -0.507 e. The minimum absolute atomic E-state index is 0.0350. The normalized spacial score (nSPS) is 16.7. The number of benzene rings is 3. The summed E-state index contributed by atoms with van der Waals surface area (Å²) < 4.78 is 21.5. The number of aliphatic hydroxyl groups is 1. The molecular formula is C28H27NO7. The summed E-state index contributed by atoms with van der Waals surface area (Å²) in [6.07, 6.45) is 0. The van der Waals surface area contributed by atoms with E-state index in [1.54, 1.807) is 73.8 Å². The highest BCUT2D eigenvalue weighted by molar-refractivity contribution is 6.51. The first kappa shape index (κ1) is 24.7. The molecule has 8 nitrogen and oxygen atoms in total. The molecule has 0 bridgehead atoms. The van der Waals surface area contributed by atoms with Crippen LogP contribution >= 0.6 is 0 Å². The quantitative estimate of drug-likeness (QED) is 0.278. The van der Waals surface area contributed by atoms with Gasteiger partial charge in [-0.25, -0.2) is 0 Å². The van der Waals surface area contributed by atoms with Gasteiger partial charge in [0, 0.05) is 11.3 Å². The van der Waals surface area contributed by atoms with Crippen molar-refractivity contribution in [2.45, 2.75) is 13.0 Å². The van der Waals surface area contributed by atoms with E-state index in [2.05, 4.69) is 0 Å². The Kier molecular flexibility index (Phi) is 7.15. The first-order valence-corrected chi connectivity index (χ1v) is 11.3. The van der Waals surface area contributed by atoms with Crippen LogP contribution in [0.4, 0.5) is 5.69 Å². The average molecular weight is 490 g/mol. The maximum absolute atomic E-state index is 13.3. The highest BCUT2D eigenvalue weighted by atomic mass is 16.5. The molecule has 36 heavy (non-hydrogen) atoms. The molecule has 1 aliphatic rings. The van der Waals surface area contributed by atoms with Crippen molar-refractivity contribution in [2.24, 2.45) is 0 Å². The summed E-state index contributed by atoms with van der Waals surface area (Å²) in [4.78, 5) is 28.0. The number of ketones is 1. The molecule has 0 radical (unpaired) electrons. The van der Waals surface area contributed by atoms with E-state index in [4.69, 9.17) is 18.9 Å². The molecule has 1 N–H and O–H groups in total. The first-order chi connectivity index (χ1) is 17.4. The number of hydrogen-bond acceptors (Lipinski definition) is 7. The third-order valence-electron chi connectivity index (χ3n) is 5.96. The number of anilines is 1. The molecule has 0 aromatic heterocycles. The van der Waals surface area contributed by atoms with Gasteiger partial charge in [0.1, 0.15) is 17.3 Å². The molecule has 1 fully saturated rings. The van der Waals surface area contributed by atoms with Crippen LogP contribution in [0.15, 0.2) is 72.3 Å². The minimum atomic E-state index is -0.912. The Balaban J connectivity index is 1.90. The van der Waals surface area contributed by atoms with Crippen molar-refractivity contribution in [3.8, 4) is 23.0 Å². The summed E-state index contributed by atoms with van der Waals surface area (Å²) in [7, 11) is 4.57. The number of nitrogens with zero attached hydrogens (tertiary/aromatic N) is 1. The van der Waals surface area contributed by atoms with Crippen LogP contribution in [-0.4, -0.2) is 44.7 Å². The molecule has 0 spiro atoms. The summed E-state index contributed by atoms with van der Waals surface area (Å²) >= 11 is 0. The van der Waals surface area contributed by atoms with Gasteiger partial charge in [-0.1, -0.05) is 6.07 Å². The topological polar surface area (TPSA) is 94.5 Å². The van der Waals surface area contributed by atoms with Gasteiger partial charge in [0.05, 0.1) is 39.6 Å². The number of hydrogen-bond donors (Lipinski definition) is 1. The van der Waals surface area contributed by atoms with E-state index in [0.717, 1.165) is 0 Å². The maximum atomic E-state index is 13.3. The lowest BCUT2D eigenvalue weighted by Gasteiger charge is -2.26. The Bertz CT molecular complexity index is 1300. The molecule has 1 saturated heterocycles. The maximum Gasteiger partial charge on any atom is 0.300 e. The van der Waals surface area contributed by atoms with E-state index < -0.39 is 17.7 Å². The monoisotopic (exact) mass is 489 g/mol. The molecule has 1 heterocycles. The van der Waals surface area contributed by atoms with E-state index in [1.165, 1.54) is 19.1 Å². The van der Waals surface area contributed by atoms with Crippen LogP contribution < -0.4 is 23.8 Å². The van der Waals surface area contributed by atoms with Gasteiger partial charge in [0.25, 0.3) is 11.7 Å². The van der Waals surface area contributed by atoms with Crippen molar-refractivity contribution in [2.75, 3.05) is 32.8 Å². The number of methoxy groups -OCH3 is 3. The smallest absolute Gasteiger partial charge is 0.300 e. The van der Waals surface area contributed by atoms with Crippen molar-refractivity contribution in [3.05, 3.63) is 83.4 Å². The van der Waals surface area contributed by atoms with Crippen LogP contribution in [0.25, 0.3) is 5.76 Å². The van der Waals surface area contributed by atoms with Crippen molar-refractivity contribution >= 4 is 23.1 Å². The number of aliphatic hydroxyl groups excluding tert-OH is 1. The van der Waals surface area contributed by atoms with Crippen LogP contribution in [0.3, 0.4) is 0 Å². The van der Waals surface area contributed by atoms with Gasteiger partial charge >= 0.3 is 0 Å². The number of amides is 1. The van der Waals surface area contributed by atoms with E-state index in [-0.39, 0.29) is 11.3 Å². The second-order valence-electron chi connectivity index (χ2n) is 7.94. The van der Waals surface area contributed by atoms with E-state index in [1.807, 2.05) is 6.92 Å². The van der Waals surface area contributed by atoms with Gasteiger partial charge in [0.2, 0.25) is 0 Å². The average Bonchev–Trinajstić information content (AvgIpc) is 3.18. The zero-order valence-electron chi connectivity index (χ0n) is 20.5. The third-order valence-corrected chi connectivity index (χ3v) is 5.96. The number of carbonyl (C=O) groups excluding carboxylic acids is 2.